The van der Waals surface area contributed by atoms with Gasteiger partial charge < -0.3 is 15.8 Å². The first-order valence-corrected chi connectivity index (χ1v) is 6.29. The van der Waals surface area contributed by atoms with E-state index >= 15 is 0 Å². The first kappa shape index (κ1) is 12.5. The van der Waals surface area contributed by atoms with E-state index in [2.05, 4.69) is 17.3 Å². The van der Waals surface area contributed by atoms with Crippen molar-refractivity contribution in [1.82, 2.24) is 0 Å². The average molecular weight is 271 g/mol. The summed E-state index contributed by atoms with van der Waals surface area (Å²) in [5.41, 5.74) is 8.80. The summed E-state index contributed by atoms with van der Waals surface area (Å²) in [5.74, 6) is -0.706. The first-order chi connectivity index (χ1) is 9.70. The Hall–Kier alpha value is -2.56. The maximum atomic E-state index is 14.0. The van der Waals surface area contributed by atoms with Crippen molar-refractivity contribution in [2.24, 2.45) is 10.9 Å². The van der Waals surface area contributed by atoms with Crippen LogP contribution in [0, 0.1) is 5.82 Å². The highest BCUT2D eigenvalue weighted by Crippen LogP contribution is 2.31. The second kappa shape index (κ2) is 4.85. The van der Waals surface area contributed by atoms with Gasteiger partial charge in [0.15, 0.2) is 5.84 Å². The minimum absolute atomic E-state index is 0.141. The maximum absolute atomic E-state index is 14.0. The van der Waals surface area contributed by atoms with Gasteiger partial charge in [-0.3, -0.25) is 0 Å². The molecule has 20 heavy (non-hydrogen) atoms. The maximum Gasteiger partial charge on any atom is 0.175 e. The zero-order valence-corrected chi connectivity index (χ0v) is 10.8. The van der Waals surface area contributed by atoms with Crippen molar-refractivity contribution in [1.29, 1.82) is 0 Å². The van der Waals surface area contributed by atoms with E-state index in [1.807, 2.05) is 17.0 Å². The number of hydrogen-bond acceptors (Lipinski definition) is 3. The summed E-state index contributed by atoms with van der Waals surface area (Å²) in [4.78, 5) is 2.02. The monoisotopic (exact) mass is 271 g/mol. The minimum Gasteiger partial charge on any atom is -0.409 e. The van der Waals surface area contributed by atoms with Crippen molar-refractivity contribution < 1.29 is 9.60 Å². The van der Waals surface area contributed by atoms with Crippen LogP contribution in [0.5, 0.6) is 0 Å². The van der Waals surface area contributed by atoms with Crippen LogP contribution in [0.2, 0.25) is 0 Å². The summed E-state index contributed by atoms with van der Waals surface area (Å²) < 4.78 is 14.0. The number of rotatable bonds is 2. The summed E-state index contributed by atoms with van der Waals surface area (Å²) in [6.45, 7) is 1.37. The Morgan fingerprint density at radius 3 is 2.35 bits per heavy atom. The van der Waals surface area contributed by atoms with Crippen LogP contribution in [0.3, 0.4) is 0 Å². The van der Waals surface area contributed by atoms with Gasteiger partial charge in [0, 0.05) is 13.1 Å². The van der Waals surface area contributed by atoms with Crippen LogP contribution in [0.25, 0.3) is 0 Å². The average Bonchev–Trinajstić information content (AvgIpc) is 2.90. The number of hydrogen-bond donors (Lipinski definition) is 2. The molecule has 0 bridgehead atoms. The Labute approximate surface area is 115 Å². The van der Waals surface area contributed by atoms with Gasteiger partial charge in [-0.05, 0) is 23.3 Å². The van der Waals surface area contributed by atoms with Crippen molar-refractivity contribution in [2.45, 2.75) is 13.1 Å². The molecule has 0 fully saturated rings. The fourth-order valence-corrected chi connectivity index (χ4v) is 2.58. The summed E-state index contributed by atoms with van der Waals surface area (Å²) >= 11 is 0. The molecule has 2 aromatic rings. The van der Waals surface area contributed by atoms with Crippen molar-refractivity contribution in [3.8, 4) is 0 Å². The van der Waals surface area contributed by atoms with Gasteiger partial charge in [0.25, 0.3) is 0 Å². The van der Waals surface area contributed by atoms with Crippen LogP contribution in [0.15, 0.2) is 47.6 Å². The van der Waals surface area contributed by atoms with Crippen molar-refractivity contribution in [3.05, 3.63) is 65.0 Å². The normalized spacial score (nSPS) is 14.4. The Kier molecular flexibility index (Phi) is 3.02. The molecule has 102 valence electrons. The molecule has 1 heterocycles. The number of oxime groups is 1. The predicted octanol–water partition coefficient (Wildman–Crippen LogP) is 2.44. The summed E-state index contributed by atoms with van der Waals surface area (Å²) in [5, 5.41) is 11.8. The molecule has 1 aliphatic heterocycles. The molecule has 0 unspecified atom stereocenters. The number of benzene rings is 2. The van der Waals surface area contributed by atoms with E-state index in [-0.39, 0.29) is 11.4 Å². The lowest BCUT2D eigenvalue weighted by Gasteiger charge is -2.21. The van der Waals surface area contributed by atoms with Gasteiger partial charge in [0.2, 0.25) is 0 Å². The highest BCUT2D eigenvalue weighted by molar-refractivity contribution is 6.02. The Balaban J connectivity index is 2.03. The van der Waals surface area contributed by atoms with Gasteiger partial charge in [0.1, 0.15) is 5.82 Å². The van der Waals surface area contributed by atoms with E-state index in [1.54, 1.807) is 12.1 Å². The van der Waals surface area contributed by atoms with E-state index < -0.39 is 5.82 Å². The summed E-state index contributed by atoms with van der Waals surface area (Å²) in [6, 6.07) is 12.8. The third-order valence-corrected chi connectivity index (χ3v) is 3.54. The zero-order chi connectivity index (χ0) is 14.1. The van der Waals surface area contributed by atoms with Gasteiger partial charge in [-0.15, -0.1) is 0 Å². The molecule has 0 aliphatic carbocycles. The van der Waals surface area contributed by atoms with Crippen LogP contribution >= 0.6 is 0 Å². The lowest BCUT2D eigenvalue weighted by atomic mass is 10.1. The molecule has 0 atom stereocenters. The molecule has 0 saturated carbocycles. The van der Waals surface area contributed by atoms with Gasteiger partial charge in [-0.2, -0.15) is 0 Å². The highest BCUT2D eigenvalue weighted by Gasteiger charge is 2.23. The molecular formula is C15H14FN3O. The fourth-order valence-electron chi connectivity index (χ4n) is 2.58. The quantitative estimate of drug-likeness (QED) is 0.382. The van der Waals surface area contributed by atoms with Crippen LogP contribution in [0.4, 0.5) is 10.1 Å². The van der Waals surface area contributed by atoms with Gasteiger partial charge >= 0.3 is 0 Å². The van der Waals surface area contributed by atoms with E-state index in [9.17, 15) is 4.39 Å². The molecule has 3 N–H and O–H groups in total. The van der Waals surface area contributed by atoms with E-state index in [0.29, 0.717) is 18.8 Å². The molecule has 0 spiro atoms. The number of amidine groups is 1. The predicted molar refractivity (Wildman–Crippen MR) is 75.2 cm³/mol. The summed E-state index contributed by atoms with van der Waals surface area (Å²) in [6.07, 6.45) is 0. The van der Waals surface area contributed by atoms with Crippen LogP contribution < -0.4 is 10.6 Å². The van der Waals surface area contributed by atoms with Gasteiger partial charge in [-0.25, -0.2) is 4.39 Å². The van der Waals surface area contributed by atoms with E-state index in [0.717, 1.165) is 0 Å². The lowest BCUT2D eigenvalue weighted by molar-refractivity contribution is 0.318. The molecule has 1 aliphatic rings. The fraction of sp³-hybridized carbons (Fsp3) is 0.133. The molecule has 4 nitrogen and oxygen atoms in total. The van der Waals surface area contributed by atoms with E-state index in [1.165, 1.54) is 17.2 Å². The Bertz CT molecular complexity index is 660. The SMILES string of the molecule is NC(=NO)c1c(F)cccc1N1Cc2ccccc2C1. The summed E-state index contributed by atoms with van der Waals surface area (Å²) in [7, 11) is 0. The topological polar surface area (TPSA) is 61.9 Å². The molecule has 5 heteroatoms. The molecule has 3 rings (SSSR count). The molecular weight excluding hydrogens is 257 g/mol. The van der Waals surface area contributed by atoms with Crippen LogP contribution in [-0.2, 0) is 13.1 Å². The van der Waals surface area contributed by atoms with Gasteiger partial charge in [-0.1, -0.05) is 35.5 Å². The molecule has 2 aromatic carbocycles. The van der Waals surface area contributed by atoms with Crippen molar-refractivity contribution in [3.63, 3.8) is 0 Å². The number of nitrogens with two attached hydrogens (primary N) is 1. The molecule has 0 radical (unpaired) electrons. The molecule has 0 aromatic heterocycles. The number of fused-ring (bicyclic) bond motifs is 1. The second-order valence-electron chi connectivity index (χ2n) is 4.74. The smallest absolute Gasteiger partial charge is 0.175 e. The standard InChI is InChI=1S/C15H14FN3O/c16-12-6-3-7-13(14(12)15(17)18-20)19-8-10-4-1-2-5-11(10)9-19/h1-7,20H,8-9H2,(H2,17,18). The van der Waals surface area contributed by atoms with E-state index in [4.69, 9.17) is 10.9 Å². The third kappa shape index (κ3) is 1.97. The van der Waals surface area contributed by atoms with Crippen LogP contribution in [-0.4, -0.2) is 11.0 Å². The first-order valence-electron chi connectivity index (χ1n) is 6.29. The van der Waals surface area contributed by atoms with Gasteiger partial charge in [0.05, 0.1) is 11.3 Å². The number of anilines is 1. The Morgan fingerprint density at radius 2 is 1.75 bits per heavy atom. The minimum atomic E-state index is -0.492. The molecule has 0 saturated heterocycles. The number of nitrogens with zero attached hydrogens (tertiary/aromatic N) is 2. The van der Waals surface area contributed by atoms with Crippen molar-refractivity contribution in [2.75, 3.05) is 4.90 Å². The van der Waals surface area contributed by atoms with Crippen LogP contribution in [0.1, 0.15) is 16.7 Å². The Morgan fingerprint density at radius 1 is 1.10 bits per heavy atom. The third-order valence-electron chi connectivity index (χ3n) is 3.54. The second-order valence-corrected chi connectivity index (χ2v) is 4.74. The largest absolute Gasteiger partial charge is 0.409 e. The highest BCUT2D eigenvalue weighted by atomic mass is 19.1. The number of halogens is 1. The lowest BCUT2D eigenvalue weighted by Crippen LogP contribution is -2.23. The zero-order valence-electron chi connectivity index (χ0n) is 10.8. The molecule has 0 amide bonds. The van der Waals surface area contributed by atoms with Crippen molar-refractivity contribution >= 4 is 11.5 Å².